The zero-order valence-corrected chi connectivity index (χ0v) is 15.5. The largest absolute Gasteiger partial charge is 0.386 e. The van der Waals surface area contributed by atoms with Crippen LogP contribution < -0.4 is 0 Å². The number of rotatable bonds is 3. The normalized spacial score (nSPS) is 10.2. The summed E-state index contributed by atoms with van der Waals surface area (Å²) in [5.41, 5.74) is 1.85. The Morgan fingerprint density at radius 1 is 0.952 bits per heavy atom. The van der Waals surface area contributed by atoms with Gasteiger partial charge in [0.15, 0.2) is 0 Å². The maximum Gasteiger partial charge on any atom is 0.347 e. The third-order valence-electron chi connectivity index (χ3n) is 2.94. The summed E-state index contributed by atoms with van der Waals surface area (Å²) in [4.78, 5) is 24.2. The number of carbonyl (C=O) groups is 2. The zero-order chi connectivity index (χ0) is 15.4. The van der Waals surface area contributed by atoms with E-state index in [2.05, 4.69) is 22.6 Å². The van der Waals surface area contributed by atoms with Crippen molar-refractivity contribution in [3.63, 3.8) is 0 Å². The van der Waals surface area contributed by atoms with Crippen molar-refractivity contribution in [1.29, 1.82) is 0 Å². The molecule has 2 aromatic carbocycles. The predicted molar refractivity (Wildman–Crippen MR) is 97.4 cm³/mol. The third-order valence-corrected chi connectivity index (χ3v) is 4.82. The molecule has 0 atom stereocenters. The zero-order valence-electron chi connectivity index (χ0n) is 11.2. The highest BCUT2D eigenvalue weighted by molar-refractivity contribution is 14.1. The Kier molecular flexibility index (Phi) is 5.74. The molecule has 0 heterocycles. The molecule has 3 nitrogen and oxygen atoms in total. The number of carbonyl (C=O) groups excluding carboxylic acids is 2. The highest BCUT2D eigenvalue weighted by Gasteiger charge is 2.19. The fourth-order valence-corrected chi connectivity index (χ4v) is 2.93. The van der Waals surface area contributed by atoms with Crippen LogP contribution in [-0.2, 0) is 11.2 Å². The molecule has 0 spiro atoms. The first-order valence-electron chi connectivity index (χ1n) is 6.32. The molecule has 0 unspecified atom stereocenters. The van der Waals surface area contributed by atoms with Gasteiger partial charge in [-0.3, -0.25) is 0 Å². The van der Waals surface area contributed by atoms with Gasteiger partial charge in [-0.1, -0.05) is 25.1 Å². The van der Waals surface area contributed by atoms with Crippen molar-refractivity contribution in [2.24, 2.45) is 0 Å². The molecule has 5 heteroatoms. The lowest BCUT2D eigenvalue weighted by Gasteiger charge is -2.07. The van der Waals surface area contributed by atoms with Crippen LogP contribution in [0.25, 0.3) is 0 Å². The second-order valence-electron chi connectivity index (χ2n) is 4.32. The number of hydrogen-bond donors (Lipinski definition) is 0. The van der Waals surface area contributed by atoms with Crippen molar-refractivity contribution in [2.45, 2.75) is 13.3 Å². The molecule has 0 fully saturated rings. The van der Waals surface area contributed by atoms with Crippen LogP contribution in [0.2, 0.25) is 0 Å². The molecule has 0 aliphatic rings. The van der Waals surface area contributed by atoms with E-state index in [-0.39, 0.29) is 0 Å². The minimum atomic E-state index is -0.622. The van der Waals surface area contributed by atoms with Gasteiger partial charge in [-0.15, -0.1) is 0 Å². The van der Waals surface area contributed by atoms with Gasteiger partial charge in [0.1, 0.15) is 0 Å². The van der Waals surface area contributed by atoms with Crippen molar-refractivity contribution >= 4 is 57.1 Å². The van der Waals surface area contributed by atoms with Crippen molar-refractivity contribution < 1.29 is 14.3 Å². The van der Waals surface area contributed by atoms with Gasteiger partial charge in [-0.2, -0.15) is 0 Å². The third kappa shape index (κ3) is 4.03. The first kappa shape index (κ1) is 16.4. The van der Waals surface area contributed by atoms with Gasteiger partial charge in [-0.05, 0) is 81.4 Å². The Morgan fingerprint density at radius 2 is 1.57 bits per heavy atom. The molecule has 0 radical (unpaired) electrons. The van der Waals surface area contributed by atoms with E-state index in [4.69, 9.17) is 4.74 Å². The summed E-state index contributed by atoms with van der Waals surface area (Å²) in [5, 5.41) is 0. The second kappa shape index (κ2) is 7.35. The Hall–Kier alpha value is -0.960. The average Bonchev–Trinajstić information content (AvgIpc) is 2.48. The molecule has 2 aromatic rings. The van der Waals surface area contributed by atoms with E-state index in [1.54, 1.807) is 24.3 Å². The summed E-state index contributed by atoms with van der Waals surface area (Å²) < 4.78 is 6.52. The van der Waals surface area contributed by atoms with Crippen LogP contribution in [0, 0.1) is 7.14 Å². The van der Waals surface area contributed by atoms with Crippen LogP contribution in [0.4, 0.5) is 0 Å². The van der Waals surface area contributed by atoms with Gasteiger partial charge in [0.25, 0.3) is 0 Å². The van der Waals surface area contributed by atoms with E-state index in [1.165, 1.54) is 0 Å². The Morgan fingerprint density at radius 3 is 2.24 bits per heavy atom. The van der Waals surface area contributed by atoms with Crippen LogP contribution in [0.15, 0.2) is 42.5 Å². The fourth-order valence-electron chi connectivity index (χ4n) is 1.77. The van der Waals surface area contributed by atoms with E-state index in [9.17, 15) is 9.59 Å². The number of ether oxygens (including phenoxy) is 1. The van der Waals surface area contributed by atoms with Gasteiger partial charge in [0, 0.05) is 7.14 Å². The number of benzene rings is 2. The van der Waals surface area contributed by atoms with Gasteiger partial charge >= 0.3 is 11.9 Å². The summed E-state index contributed by atoms with van der Waals surface area (Å²) >= 11 is 4.10. The molecule has 0 N–H and O–H groups in total. The molecule has 0 bridgehead atoms. The second-order valence-corrected chi connectivity index (χ2v) is 6.65. The minimum absolute atomic E-state index is 0.396. The van der Waals surface area contributed by atoms with Crippen molar-refractivity contribution in [2.75, 3.05) is 0 Å². The van der Waals surface area contributed by atoms with Gasteiger partial charge in [0.2, 0.25) is 0 Å². The Bertz CT molecular complexity index is 696. The maximum absolute atomic E-state index is 12.2. The standard InChI is InChI=1S/C16H12I2O3/c1-2-10-7-8-14(18)12(9-10)16(20)21-15(19)11-5-3-4-6-13(11)17/h3-9H,2H2,1H3. The van der Waals surface area contributed by atoms with E-state index >= 15 is 0 Å². The van der Waals surface area contributed by atoms with Crippen molar-refractivity contribution in [1.82, 2.24) is 0 Å². The molecular formula is C16H12I2O3. The fraction of sp³-hybridized carbons (Fsp3) is 0.125. The Labute approximate surface area is 150 Å². The maximum atomic E-state index is 12.2. The summed E-state index contributed by atoms with van der Waals surface area (Å²) in [6.45, 7) is 2.01. The highest BCUT2D eigenvalue weighted by Crippen LogP contribution is 2.18. The van der Waals surface area contributed by atoms with Gasteiger partial charge in [-0.25, -0.2) is 9.59 Å². The molecule has 0 saturated heterocycles. The van der Waals surface area contributed by atoms with Crippen molar-refractivity contribution in [3.05, 3.63) is 66.3 Å². The quantitative estimate of drug-likeness (QED) is 0.351. The summed E-state index contributed by atoms with van der Waals surface area (Å²) in [6, 6.07) is 12.6. The molecule has 0 aliphatic heterocycles. The molecule has 21 heavy (non-hydrogen) atoms. The van der Waals surface area contributed by atoms with E-state index < -0.39 is 11.9 Å². The number of hydrogen-bond acceptors (Lipinski definition) is 3. The number of esters is 2. The van der Waals surface area contributed by atoms with Crippen LogP contribution in [0.3, 0.4) is 0 Å². The minimum Gasteiger partial charge on any atom is -0.386 e. The number of halogens is 2. The van der Waals surface area contributed by atoms with Crippen LogP contribution in [-0.4, -0.2) is 11.9 Å². The lowest BCUT2D eigenvalue weighted by molar-refractivity contribution is 0.0396. The first-order valence-corrected chi connectivity index (χ1v) is 8.48. The molecule has 0 saturated carbocycles. The molecule has 0 aliphatic carbocycles. The average molecular weight is 506 g/mol. The molecule has 0 aromatic heterocycles. The molecular weight excluding hydrogens is 494 g/mol. The van der Waals surface area contributed by atoms with Gasteiger partial charge < -0.3 is 4.74 Å². The van der Waals surface area contributed by atoms with E-state index in [1.807, 2.05) is 47.7 Å². The number of aryl methyl sites for hydroxylation is 1. The molecule has 0 amide bonds. The topological polar surface area (TPSA) is 43.4 Å². The van der Waals surface area contributed by atoms with Crippen LogP contribution >= 0.6 is 45.2 Å². The first-order chi connectivity index (χ1) is 10.0. The molecule has 108 valence electrons. The molecule has 2 rings (SSSR count). The summed E-state index contributed by atoms with van der Waals surface area (Å²) in [5.74, 6) is -1.23. The lowest BCUT2D eigenvalue weighted by atomic mass is 10.1. The van der Waals surface area contributed by atoms with Crippen LogP contribution in [0.1, 0.15) is 33.2 Å². The SMILES string of the molecule is CCc1ccc(I)c(C(=O)OC(=O)c2ccccc2I)c1. The highest BCUT2D eigenvalue weighted by atomic mass is 127. The summed E-state index contributed by atoms with van der Waals surface area (Å²) in [6.07, 6.45) is 0.821. The van der Waals surface area contributed by atoms with Crippen LogP contribution in [0.5, 0.6) is 0 Å². The Balaban J connectivity index is 2.22. The predicted octanol–water partition coefficient (Wildman–Crippen LogP) is 4.46. The van der Waals surface area contributed by atoms with E-state index in [0.717, 1.165) is 19.1 Å². The van der Waals surface area contributed by atoms with E-state index in [0.29, 0.717) is 11.1 Å². The summed E-state index contributed by atoms with van der Waals surface area (Å²) in [7, 11) is 0. The van der Waals surface area contributed by atoms with Gasteiger partial charge in [0.05, 0.1) is 11.1 Å². The van der Waals surface area contributed by atoms with Crippen molar-refractivity contribution in [3.8, 4) is 0 Å². The lowest BCUT2D eigenvalue weighted by Crippen LogP contribution is -2.15. The monoisotopic (exact) mass is 506 g/mol. The smallest absolute Gasteiger partial charge is 0.347 e.